The molecule has 2 nitrogen and oxygen atoms in total. The quantitative estimate of drug-likeness (QED) is 0.763. The third kappa shape index (κ3) is 3.58. The van der Waals surface area contributed by atoms with E-state index in [1.54, 1.807) is 0 Å². The van der Waals surface area contributed by atoms with Crippen LogP contribution >= 0.6 is 22.9 Å². The van der Waals surface area contributed by atoms with Gasteiger partial charge in [0.05, 0.1) is 11.5 Å². The van der Waals surface area contributed by atoms with Crippen molar-refractivity contribution >= 4 is 28.2 Å². The van der Waals surface area contributed by atoms with Crippen LogP contribution in [-0.4, -0.2) is 11.8 Å². The van der Waals surface area contributed by atoms with Gasteiger partial charge in [-0.1, -0.05) is 12.1 Å². The molecule has 0 unspecified atom stereocenters. The number of benzene rings is 1. The Labute approximate surface area is 122 Å². The second-order valence-electron chi connectivity index (χ2n) is 4.25. The molecule has 0 radical (unpaired) electrons. The summed E-state index contributed by atoms with van der Waals surface area (Å²) in [5.41, 5.74) is 2.14. The normalized spacial score (nSPS) is 10.5. The second-order valence-corrected chi connectivity index (χ2v) is 5.73. The molecule has 1 aromatic carbocycles. The first kappa shape index (κ1) is 14.1. The molecule has 0 bridgehead atoms. The Bertz CT molecular complexity index is 572. The first-order chi connectivity index (χ1) is 9.10. The monoisotopic (exact) mass is 294 g/mol. The SMILES string of the molecule is CCOc1ccc(Cc2cc(C)c(C(=O)Cl)s2)cc1. The lowest BCUT2D eigenvalue weighted by atomic mass is 10.1. The molecular formula is C15H15ClO2S. The fourth-order valence-corrected chi connectivity index (χ4v) is 3.20. The molecule has 0 saturated heterocycles. The van der Waals surface area contributed by atoms with Gasteiger partial charge in [-0.3, -0.25) is 4.79 Å². The van der Waals surface area contributed by atoms with Crippen LogP contribution in [0, 0.1) is 6.92 Å². The summed E-state index contributed by atoms with van der Waals surface area (Å²) in [6.07, 6.45) is 0.808. The molecule has 19 heavy (non-hydrogen) atoms. The van der Waals surface area contributed by atoms with Gasteiger partial charge < -0.3 is 4.74 Å². The average molecular weight is 295 g/mol. The first-order valence-corrected chi connectivity index (χ1v) is 7.30. The van der Waals surface area contributed by atoms with Crippen molar-refractivity contribution in [3.8, 4) is 5.75 Å². The zero-order valence-corrected chi connectivity index (χ0v) is 12.5. The van der Waals surface area contributed by atoms with Crippen LogP contribution in [0.25, 0.3) is 0 Å². The summed E-state index contributed by atoms with van der Waals surface area (Å²) >= 11 is 7.00. The van der Waals surface area contributed by atoms with Crippen LogP contribution in [0.2, 0.25) is 0 Å². The predicted octanol–water partition coefficient (Wildman–Crippen LogP) is 4.43. The minimum absolute atomic E-state index is 0.375. The van der Waals surface area contributed by atoms with Gasteiger partial charge >= 0.3 is 0 Å². The summed E-state index contributed by atoms with van der Waals surface area (Å²) < 4.78 is 5.41. The number of carbonyl (C=O) groups is 1. The van der Waals surface area contributed by atoms with E-state index in [1.807, 2.05) is 44.2 Å². The van der Waals surface area contributed by atoms with Crippen molar-refractivity contribution in [1.29, 1.82) is 0 Å². The fraction of sp³-hybridized carbons (Fsp3) is 0.267. The number of hydrogen-bond acceptors (Lipinski definition) is 3. The Morgan fingerprint density at radius 3 is 2.53 bits per heavy atom. The van der Waals surface area contributed by atoms with Gasteiger partial charge in [0.1, 0.15) is 5.75 Å². The number of ether oxygens (including phenoxy) is 1. The Balaban J connectivity index is 2.12. The first-order valence-electron chi connectivity index (χ1n) is 6.11. The summed E-state index contributed by atoms with van der Waals surface area (Å²) in [7, 11) is 0. The van der Waals surface area contributed by atoms with Gasteiger partial charge in [-0.25, -0.2) is 0 Å². The molecular weight excluding hydrogens is 280 g/mol. The van der Waals surface area contributed by atoms with Gasteiger partial charge in [-0.2, -0.15) is 0 Å². The summed E-state index contributed by atoms with van der Waals surface area (Å²) in [5.74, 6) is 0.880. The van der Waals surface area contributed by atoms with Crippen LogP contribution in [0.3, 0.4) is 0 Å². The van der Waals surface area contributed by atoms with Gasteiger partial charge in [0.25, 0.3) is 5.24 Å². The maximum atomic E-state index is 11.2. The molecule has 4 heteroatoms. The van der Waals surface area contributed by atoms with E-state index >= 15 is 0 Å². The molecule has 1 aromatic heterocycles. The Kier molecular flexibility index (Phi) is 4.61. The van der Waals surface area contributed by atoms with E-state index < -0.39 is 0 Å². The van der Waals surface area contributed by atoms with Crippen molar-refractivity contribution < 1.29 is 9.53 Å². The molecule has 0 aliphatic carbocycles. The van der Waals surface area contributed by atoms with E-state index in [1.165, 1.54) is 16.9 Å². The van der Waals surface area contributed by atoms with Crippen LogP contribution in [0.5, 0.6) is 5.75 Å². The highest BCUT2D eigenvalue weighted by Gasteiger charge is 2.11. The molecule has 0 aliphatic rings. The molecule has 1 heterocycles. The number of hydrogen-bond donors (Lipinski definition) is 0. The van der Waals surface area contributed by atoms with Crippen molar-refractivity contribution in [1.82, 2.24) is 0 Å². The van der Waals surface area contributed by atoms with E-state index in [4.69, 9.17) is 16.3 Å². The fourth-order valence-electron chi connectivity index (χ4n) is 1.90. The lowest BCUT2D eigenvalue weighted by Crippen LogP contribution is -1.91. The third-order valence-electron chi connectivity index (χ3n) is 2.76. The van der Waals surface area contributed by atoms with E-state index in [9.17, 15) is 4.79 Å². The largest absolute Gasteiger partial charge is 0.494 e. The zero-order chi connectivity index (χ0) is 13.8. The van der Waals surface area contributed by atoms with Gasteiger partial charge in [0, 0.05) is 11.3 Å². The average Bonchev–Trinajstić information content (AvgIpc) is 2.73. The smallest absolute Gasteiger partial charge is 0.262 e. The molecule has 0 fully saturated rings. The Morgan fingerprint density at radius 2 is 2.00 bits per heavy atom. The van der Waals surface area contributed by atoms with Crippen molar-refractivity contribution in [2.75, 3.05) is 6.61 Å². The lowest BCUT2D eigenvalue weighted by Gasteiger charge is -2.04. The molecule has 2 rings (SSSR count). The summed E-state index contributed by atoms with van der Waals surface area (Å²) in [4.78, 5) is 13.0. The highest BCUT2D eigenvalue weighted by atomic mass is 35.5. The minimum atomic E-state index is -0.375. The van der Waals surface area contributed by atoms with E-state index in [0.717, 1.165) is 22.6 Å². The van der Waals surface area contributed by atoms with Gasteiger partial charge in [-0.05, 0) is 54.8 Å². The molecule has 0 atom stereocenters. The molecule has 2 aromatic rings. The topological polar surface area (TPSA) is 26.3 Å². The van der Waals surface area contributed by atoms with Crippen LogP contribution in [0.15, 0.2) is 30.3 Å². The highest BCUT2D eigenvalue weighted by molar-refractivity contribution is 7.16. The number of aryl methyl sites for hydroxylation is 1. The van der Waals surface area contributed by atoms with Gasteiger partial charge in [-0.15, -0.1) is 11.3 Å². The van der Waals surface area contributed by atoms with Crippen molar-refractivity contribution in [2.45, 2.75) is 20.3 Å². The van der Waals surface area contributed by atoms with Crippen LogP contribution in [0.1, 0.15) is 32.6 Å². The second kappa shape index (κ2) is 6.22. The molecule has 100 valence electrons. The summed E-state index contributed by atoms with van der Waals surface area (Å²) in [6, 6.07) is 10.0. The number of carbonyl (C=O) groups excluding carboxylic acids is 1. The highest BCUT2D eigenvalue weighted by Crippen LogP contribution is 2.26. The predicted molar refractivity (Wildman–Crippen MR) is 79.7 cm³/mol. The standard InChI is InChI=1S/C15H15ClO2S/c1-3-18-12-6-4-11(5-7-12)9-13-8-10(2)14(19-13)15(16)17/h4-8H,3,9H2,1-2H3. The molecule has 0 spiro atoms. The number of halogens is 1. The Morgan fingerprint density at radius 1 is 1.32 bits per heavy atom. The van der Waals surface area contributed by atoms with Crippen molar-refractivity contribution in [3.63, 3.8) is 0 Å². The number of thiophene rings is 1. The molecule has 0 N–H and O–H groups in total. The third-order valence-corrected chi connectivity index (χ3v) is 4.30. The van der Waals surface area contributed by atoms with Crippen molar-refractivity contribution in [2.24, 2.45) is 0 Å². The molecule has 0 aliphatic heterocycles. The van der Waals surface area contributed by atoms with Crippen LogP contribution in [-0.2, 0) is 6.42 Å². The van der Waals surface area contributed by atoms with E-state index in [-0.39, 0.29) is 5.24 Å². The summed E-state index contributed by atoms with van der Waals surface area (Å²) in [5, 5.41) is -0.375. The summed E-state index contributed by atoms with van der Waals surface area (Å²) in [6.45, 7) is 4.55. The Hall–Kier alpha value is -1.32. The zero-order valence-electron chi connectivity index (χ0n) is 10.9. The van der Waals surface area contributed by atoms with Gasteiger partial charge in [0.15, 0.2) is 0 Å². The van der Waals surface area contributed by atoms with Crippen molar-refractivity contribution in [3.05, 3.63) is 51.2 Å². The number of rotatable bonds is 5. The lowest BCUT2D eigenvalue weighted by molar-refractivity contribution is 0.108. The maximum Gasteiger partial charge on any atom is 0.262 e. The molecule has 0 amide bonds. The maximum absolute atomic E-state index is 11.2. The molecule has 0 saturated carbocycles. The van der Waals surface area contributed by atoms with E-state index in [2.05, 4.69) is 0 Å². The minimum Gasteiger partial charge on any atom is -0.494 e. The van der Waals surface area contributed by atoms with E-state index in [0.29, 0.717) is 11.5 Å². The van der Waals surface area contributed by atoms with Crippen LogP contribution < -0.4 is 4.74 Å². The van der Waals surface area contributed by atoms with Crippen LogP contribution in [0.4, 0.5) is 0 Å². The van der Waals surface area contributed by atoms with Gasteiger partial charge in [0.2, 0.25) is 0 Å².